The SMILES string of the molecule is Cc1ccc(-c2cccc(CO)c2)nc1C(=O)Cc1c(C)ccc(C(=O)O)c1C. The molecular weight excluding hydrogens is 366 g/mol. The molecule has 148 valence electrons. The fraction of sp³-hybridized carbons (Fsp3) is 0.208. The first-order chi connectivity index (χ1) is 13.8. The molecule has 0 spiro atoms. The zero-order chi connectivity index (χ0) is 21.1. The molecule has 2 N–H and O–H groups in total. The predicted molar refractivity (Wildman–Crippen MR) is 111 cm³/mol. The van der Waals surface area contributed by atoms with Crippen LogP contribution in [0.25, 0.3) is 11.3 Å². The van der Waals surface area contributed by atoms with Crippen LogP contribution in [0.5, 0.6) is 0 Å². The Morgan fingerprint density at radius 3 is 2.38 bits per heavy atom. The van der Waals surface area contributed by atoms with Crippen molar-refractivity contribution in [3.05, 3.63) is 87.6 Å². The number of aromatic carboxylic acids is 1. The number of aliphatic hydroxyl groups is 1. The third-order valence-electron chi connectivity index (χ3n) is 5.17. The third-order valence-corrected chi connectivity index (χ3v) is 5.17. The van der Waals surface area contributed by atoms with Crippen molar-refractivity contribution in [1.29, 1.82) is 0 Å². The number of carbonyl (C=O) groups excluding carboxylic acids is 1. The van der Waals surface area contributed by atoms with Crippen LogP contribution in [0.3, 0.4) is 0 Å². The van der Waals surface area contributed by atoms with Crippen molar-refractivity contribution in [1.82, 2.24) is 4.98 Å². The molecule has 0 amide bonds. The van der Waals surface area contributed by atoms with Crippen molar-refractivity contribution in [3.63, 3.8) is 0 Å². The molecule has 0 aliphatic carbocycles. The molecule has 0 aliphatic rings. The maximum Gasteiger partial charge on any atom is 0.335 e. The second kappa shape index (κ2) is 8.37. The Hall–Kier alpha value is -3.31. The van der Waals surface area contributed by atoms with Crippen LogP contribution in [0.15, 0.2) is 48.5 Å². The normalized spacial score (nSPS) is 10.8. The monoisotopic (exact) mass is 389 g/mol. The first kappa shape index (κ1) is 20.4. The van der Waals surface area contributed by atoms with Crippen molar-refractivity contribution in [2.75, 3.05) is 0 Å². The van der Waals surface area contributed by atoms with Gasteiger partial charge in [-0.2, -0.15) is 0 Å². The molecule has 29 heavy (non-hydrogen) atoms. The number of rotatable bonds is 6. The minimum atomic E-state index is -1.00. The Kier molecular flexibility index (Phi) is 5.89. The summed E-state index contributed by atoms with van der Waals surface area (Å²) in [5.41, 5.74) is 5.81. The number of Topliss-reactive ketones (excluding diaryl/α,β-unsaturated/α-hetero) is 1. The number of nitrogens with zero attached hydrogens (tertiary/aromatic N) is 1. The molecule has 3 rings (SSSR count). The van der Waals surface area contributed by atoms with E-state index in [2.05, 4.69) is 4.98 Å². The van der Waals surface area contributed by atoms with Gasteiger partial charge in [0.1, 0.15) is 5.69 Å². The second-order valence-corrected chi connectivity index (χ2v) is 7.16. The van der Waals surface area contributed by atoms with E-state index < -0.39 is 5.97 Å². The predicted octanol–water partition coefficient (Wildman–Crippen LogP) is 4.29. The van der Waals surface area contributed by atoms with E-state index in [1.54, 1.807) is 19.1 Å². The van der Waals surface area contributed by atoms with Crippen molar-refractivity contribution in [3.8, 4) is 11.3 Å². The summed E-state index contributed by atoms with van der Waals surface area (Å²) in [6, 6.07) is 14.4. The molecular formula is C24H23NO4. The van der Waals surface area contributed by atoms with Crippen LogP contribution in [0.4, 0.5) is 0 Å². The van der Waals surface area contributed by atoms with Crippen LogP contribution in [-0.2, 0) is 13.0 Å². The molecule has 0 saturated heterocycles. The fourth-order valence-corrected chi connectivity index (χ4v) is 3.44. The number of carbonyl (C=O) groups is 2. The molecule has 1 aromatic heterocycles. The number of aliphatic hydroxyl groups excluding tert-OH is 1. The van der Waals surface area contributed by atoms with E-state index in [1.165, 1.54) is 0 Å². The molecule has 0 saturated carbocycles. The lowest BCUT2D eigenvalue weighted by Gasteiger charge is -2.13. The van der Waals surface area contributed by atoms with Crippen LogP contribution in [0.2, 0.25) is 0 Å². The third kappa shape index (κ3) is 4.25. The summed E-state index contributed by atoms with van der Waals surface area (Å²) < 4.78 is 0. The van der Waals surface area contributed by atoms with Gasteiger partial charge in [0.2, 0.25) is 0 Å². The molecule has 0 aliphatic heterocycles. The van der Waals surface area contributed by atoms with E-state index >= 15 is 0 Å². The molecule has 5 nitrogen and oxygen atoms in total. The maximum atomic E-state index is 13.1. The number of hydrogen-bond donors (Lipinski definition) is 2. The summed E-state index contributed by atoms with van der Waals surface area (Å²) in [6.07, 6.45) is 0.0900. The Bertz CT molecular complexity index is 1100. The van der Waals surface area contributed by atoms with Gasteiger partial charge < -0.3 is 10.2 Å². The largest absolute Gasteiger partial charge is 0.478 e. The van der Waals surface area contributed by atoms with Gasteiger partial charge >= 0.3 is 5.97 Å². The average Bonchev–Trinajstić information content (AvgIpc) is 2.71. The van der Waals surface area contributed by atoms with Gasteiger partial charge in [0.25, 0.3) is 0 Å². The van der Waals surface area contributed by atoms with Crippen molar-refractivity contribution in [2.24, 2.45) is 0 Å². The van der Waals surface area contributed by atoms with Gasteiger partial charge in [-0.25, -0.2) is 9.78 Å². The molecule has 0 radical (unpaired) electrons. The van der Waals surface area contributed by atoms with Gasteiger partial charge in [-0.3, -0.25) is 4.79 Å². The van der Waals surface area contributed by atoms with E-state index in [0.29, 0.717) is 17.0 Å². The molecule has 2 aromatic carbocycles. The molecule has 3 aromatic rings. The molecule has 0 atom stereocenters. The second-order valence-electron chi connectivity index (χ2n) is 7.16. The van der Waals surface area contributed by atoms with Gasteiger partial charge in [0.15, 0.2) is 5.78 Å². The van der Waals surface area contributed by atoms with E-state index in [-0.39, 0.29) is 24.4 Å². The lowest BCUT2D eigenvalue weighted by molar-refractivity contribution is 0.0695. The highest BCUT2D eigenvalue weighted by Crippen LogP contribution is 2.24. The van der Waals surface area contributed by atoms with Crippen molar-refractivity contribution >= 4 is 11.8 Å². The Balaban J connectivity index is 1.98. The number of hydrogen-bond acceptors (Lipinski definition) is 4. The highest BCUT2D eigenvalue weighted by Gasteiger charge is 2.19. The first-order valence-corrected chi connectivity index (χ1v) is 9.35. The maximum absolute atomic E-state index is 13.1. The molecule has 5 heteroatoms. The first-order valence-electron chi connectivity index (χ1n) is 9.35. The number of aryl methyl sites for hydroxylation is 2. The quantitative estimate of drug-likeness (QED) is 0.614. The number of carboxylic acids is 1. The van der Waals surface area contributed by atoms with Crippen molar-refractivity contribution in [2.45, 2.75) is 33.8 Å². The number of aromatic nitrogens is 1. The highest BCUT2D eigenvalue weighted by molar-refractivity contribution is 5.98. The Morgan fingerprint density at radius 1 is 0.966 bits per heavy atom. The zero-order valence-electron chi connectivity index (χ0n) is 16.7. The Labute approximate surface area is 169 Å². The standard InChI is InChI=1S/C24H23NO4/c1-14-7-9-19(24(28)29)16(3)20(14)12-22(27)23-15(2)8-10-21(25-23)18-6-4-5-17(11-18)13-26/h4-11,26H,12-13H2,1-3H3,(H,28,29). The zero-order valence-corrected chi connectivity index (χ0v) is 16.7. The van der Waals surface area contributed by atoms with Crippen LogP contribution >= 0.6 is 0 Å². The van der Waals surface area contributed by atoms with Gasteiger partial charge in [-0.1, -0.05) is 30.3 Å². The van der Waals surface area contributed by atoms with Crippen LogP contribution in [0, 0.1) is 20.8 Å². The van der Waals surface area contributed by atoms with Crippen LogP contribution < -0.4 is 0 Å². The molecule has 0 unspecified atom stereocenters. The van der Waals surface area contributed by atoms with Gasteiger partial charge in [-0.15, -0.1) is 0 Å². The van der Waals surface area contributed by atoms with E-state index in [0.717, 1.165) is 27.8 Å². The smallest absolute Gasteiger partial charge is 0.335 e. The van der Waals surface area contributed by atoms with Crippen molar-refractivity contribution < 1.29 is 19.8 Å². The Morgan fingerprint density at radius 2 is 1.69 bits per heavy atom. The highest BCUT2D eigenvalue weighted by atomic mass is 16.4. The number of pyridine rings is 1. The topological polar surface area (TPSA) is 87.5 Å². The minimum absolute atomic E-state index is 0.0655. The van der Waals surface area contributed by atoms with E-state index in [1.807, 2.05) is 50.2 Å². The summed E-state index contributed by atoms with van der Waals surface area (Å²) >= 11 is 0. The minimum Gasteiger partial charge on any atom is -0.478 e. The summed E-state index contributed by atoms with van der Waals surface area (Å²) in [5, 5.41) is 18.7. The number of ketones is 1. The molecule has 1 heterocycles. The van der Waals surface area contributed by atoms with Crippen LogP contribution in [-0.4, -0.2) is 26.9 Å². The van der Waals surface area contributed by atoms with E-state index in [9.17, 15) is 19.8 Å². The summed E-state index contributed by atoms with van der Waals surface area (Å²) in [7, 11) is 0. The average molecular weight is 389 g/mol. The molecule has 0 fully saturated rings. The molecule has 0 bridgehead atoms. The van der Waals surface area contributed by atoms with E-state index in [4.69, 9.17) is 0 Å². The fourth-order valence-electron chi connectivity index (χ4n) is 3.44. The number of benzene rings is 2. The summed E-state index contributed by atoms with van der Waals surface area (Å²) in [5.74, 6) is -1.16. The van der Waals surface area contributed by atoms with Gasteiger partial charge in [0, 0.05) is 12.0 Å². The summed E-state index contributed by atoms with van der Waals surface area (Å²) in [4.78, 5) is 29.1. The van der Waals surface area contributed by atoms with Crippen LogP contribution in [0.1, 0.15) is 48.7 Å². The van der Waals surface area contributed by atoms with Gasteiger partial charge in [0.05, 0.1) is 17.9 Å². The van der Waals surface area contributed by atoms with Gasteiger partial charge in [-0.05, 0) is 66.8 Å². The number of carboxylic acid groups (broad SMARTS) is 1. The lowest BCUT2D eigenvalue weighted by Crippen LogP contribution is -2.13. The lowest BCUT2D eigenvalue weighted by atomic mass is 9.92. The summed E-state index contributed by atoms with van der Waals surface area (Å²) in [6.45, 7) is 5.38.